The predicted molar refractivity (Wildman–Crippen MR) is 117 cm³/mol. The monoisotopic (exact) mass is 454 g/mol. The van der Waals surface area contributed by atoms with E-state index < -0.39 is 10.0 Å². The maximum absolute atomic E-state index is 12.5. The number of carbonyl (C=O) groups excluding carboxylic acids is 1. The third-order valence-electron chi connectivity index (χ3n) is 4.58. The fraction of sp³-hybridized carbons (Fsp3) is 0.250. The van der Waals surface area contributed by atoms with Crippen molar-refractivity contribution in [1.29, 1.82) is 0 Å². The van der Waals surface area contributed by atoms with Crippen LogP contribution in [0.15, 0.2) is 53.9 Å². The van der Waals surface area contributed by atoms with Crippen molar-refractivity contribution >= 4 is 50.9 Å². The first kappa shape index (κ1) is 21.8. The molecule has 2 aromatic carbocycles. The molecule has 0 spiro atoms. The molecule has 1 aliphatic rings. The Morgan fingerprint density at radius 3 is 2.31 bits per heavy atom. The molecule has 2 N–H and O–H groups in total. The van der Waals surface area contributed by atoms with Crippen LogP contribution in [0.4, 0.5) is 5.69 Å². The van der Waals surface area contributed by atoms with Crippen molar-refractivity contribution in [2.75, 3.05) is 38.0 Å². The quantitative estimate of drug-likeness (QED) is 0.702. The Labute approximate surface area is 180 Å². The number of rotatable bonds is 6. The second-order valence-electron chi connectivity index (χ2n) is 6.79. The van der Waals surface area contributed by atoms with Crippen LogP contribution in [0, 0.1) is 0 Å². The molecular weight excluding hydrogens is 433 g/mol. The summed E-state index contributed by atoms with van der Waals surface area (Å²) in [5, 5.41) is 4.91. The standard InChI is InChI=1S/C20H21Cl2N3O3S/c21-17-12-18(22)14-19(13-17)23-20(26)15-24-7-9-25(10-8-24)29(27,28)11-6-16-4-2-1-3-5-16/h1-6,11-14H,7-10,15H2,(H,23,26)/p+1/b11-6+. The molecule has 3 rings (SSSR count). The average Bonchev–Trinajstić information content (AvgIpc) is 2.67. The highest BCUT2D eigenvalue weighted by atomic mass is 35.5. The SMILES string of the molecule is O=C(C[NH+]1CCN(S(=O)(=O)/C=C/c2ccccc2)CC1)Nc1cc(Cl)cc(Cl)c1. The van der Waals surface area contributed by atoms with Crippen molar-refractivity contribution in [2.45, 2.75) is 0 Å². The molecule has 0 saturated carbocycles. The molecule has 1 aliphatic heterocycles. The Balaban J connectivity index is 1.50. The van der Waals surface area contributed by atoms with E-state index in [-0.39, 0.29) is 12.5 Å². The van der Waals surface area contributed by atoms with Crippen LogP contribution in [0.5, 0.6) is 0 Å². The van der Waals surface area contributed by atoms with Crippen LogP contribution in [0.25, 0.3) is 6.08 Å². The molecular formula is C20H22Cl2N3O3S+. The highest BCUT2D eigenvalue weighted by Crippen LogP contribution is 2.22. The first-order chi connectivity index (χ1) is 13.8. The molecule has 0 aromatic heterocycles. The van der Waals surface area contributed by atoms with Gasteiger partial charge in [-0.1, -0.05) is 53.5 Å². The second kappa shape index (κ2) is 9.73. The van der Waals surface area contributed by atoms with Gasteiger partial charge in [0.2, 0.25) is 10.0 Å². The van der Waals surface area contributed by atoms with Crippen LogP contribution in [0.2, 0.25) is 10.0 Å². The van der Waals surface area contributed by atoms with Crippen molar-refractivity contribution in [3.05, 3.63) is 69.5 Å². The lowest BCUT2D eigenvalue weighted by Gasteiger charge is -2.30. The first-order valence-corrected chi connectivity index (χ1v) is 11.4. The lowest BCUT2D eigenvalue weighted by molar-refractivity contribution is -0.895. The number of nitrogens with one attached hydrogen (secondary N) is 2. The van der Waals surface area contributed by atoms with E-state index in [2.05, 4.69) is 5.32 Å². The highest BCUT2D eigenvalue weighted by Gasteiger charge is 2.28. The number of piperazine rings is 1. The largest absolute Gasteiger partial charge is 0.325 e. The number of amides is 1. The van der Waals surface area contributed by atoms with Gasteiger partial charge in [-0.25, -0.2) is 8.42 Å². The number of quaternary nitrogens is 1. The fourth-order valence-electron chi connectivity index (χ4n) is 3.11. The van der Waals surface area contributed by atoms with E-state index in [1.165, 1.54) is 9.71 Å². The van der Waals surface area contributed by atoms with Gasteiger partial charge in [0.15, 0.2) is 6.54 Å². The van der Waals surface area contributed by atoms with Gasteiger partial charge in [-0.15, -0.1) is 0 Å². The minimum absolute atomic E-state index is 0.168. The Morgan fingerprint density at radius 2 is 1.69 bits per heavy atom. The Morgan fingerprint density at radius 1 is 1.07 bits per heavy atom. The Bertz CT molecular complexity index is 969. The molecule has 1 saturated heterocycles. The zero-order chi connectivity index (χ0) is 20.9. The molecule has 2 aromatic rings. The summed E-state index contributed by atoms with van der Waals surface area (Å²) < 4.78 is 26.5. The van der Waals surface area contributed by atoms with Gasteiger partial charge < -0.3 is 10.2 Å². The molecule has 6 nitrogen and oxygen atoms in total. The number of carbonyl (C=O) groups is 1. The molecule has 0 unspecified atom stereocenters. The van der Waals surface area contributed by atoms with Crippen molar-refractivity contribution < 1.29 is 18.1 Å². The highest BCUT2D eigenvalue weighted by molar-refractivity contribution is 7.92. The topological polar surface area (TPSA) is 70.9 Å². The summed E-state index contributed by atoms with van der Waals surface area (Å²) in [5.74, 6) is -0.168. The van der Waals surface area contributed by atoms with E-state index in [0.29, 0.717) is 41.9 Å². The minimum atomic E-state index is -3.48. The van der Waals surface area contributed by atoms with Crippen LogP contribution in [-0.4, -0.2) is 51.4 Å². The summed E-state index contributed by atoms with van der Waals surface area (Å²) in [6.45, 7) is 2.10. The summed E-state index contributed by atoms with van der Waals surface area (Å²) in [4.78, 5) is 13.3. The molecule has 0 radical (unpaired) electrons. The van der Waals surface area contributed by atoms with Gasteiger partial charge in [0.05, 0.1) is 26.2 Å². The van der Waals surface area contributed by atoms with Crippen LogP contribution in [0.3, 0.4) is 0 Å². The van der Waals surface area contributed by atoms with E-state index in [0.717, 1.165) is 10.5 Å². The van der Waals surface area contributed by atoms with Gasteiger partial charge in [-0.2, -0.15) is 4.31 Å². The third-order valence-corrected chi connectivity index (χ3v) is 6.58. The first-order valence-electron chi connectivity index (χ1n) is 9.15. The van der Waals surface area contributed by atoms with Crippen LogP contribution < -0.4 is 10.2 Å². The average molecular weight is 455 g/mol. The molecule has 1 fully saturated rings. The molecule has 29 heavy (non-hydrogen) atoms. The van der Waals surface area contributed by atoms with E-state index in [4.69, 9.17) is 23.2 Å². The molecule has 0 bridgehead atoms. The fourth-order valence-corrected chi connectivity index (χ4v) is 4.83. The molecule has 154 valence electrons. The van der Waals surface area contributed by atoms with Gasteiger partial charge in [0, 0.05) is 21.1 Å². The van der Waals surface area contributed by atoms with Crippen molar-refractivity contribution in [1.82, 2.24) is 4.31 Å². The summed E-state index contributed by atoms with van der Waals surface area (Å²) in [6, 6.07) is 14.1. The van der Waals surface area contributed by atoms with Crippen molar-refractivity contribution in [2.24, 2.45) is 0 Å². The normalized spacial score (nSPS) is 16.2. The number of hydrogen-bond donors (Lipinski definition) is 2. The van der Waals surface area contributed by atoms with Crippen LogP contribution >= 0.6 is 23.2 Å². The zero-order valence-corrected chi connectivity index (χ0v) is 18.0. The van der Waals surface area contributed by atoms with Gasteiger partial charge >= 0.3 is 0 Å². The smallest absolute Gasteiger partial charge is 0.279 e. The number of anilines is 1. The van der Waals surface area contributed by atoms with Crippen LogP contribution in [-0.2, 0) is 14.8 Å². The van der Waals surface area contributed by atoms with E-state index in [1.807, 2.05) is 30.3 Å². The zero-order valence-electron chi connectivity index (χ0n) is 15.6. The third kappa shape index (κ3) is 6.55. The molecule has 0 aliphatic carbocycles. The van der Waals surface area contributed by atoms with E-state index in [9.17, 15) is 13.2 Å². The minimum Gasteiger partial charge on any atom is -0.325 e. The van der Waals surface area contributed by atoms with E-state index in [1.54, 1.807) is 24.3 Å². The van der Waals surface area contributed by atoms with Gasteiger partial charge in [-0.05, 0) is 29.8 Å². The number of sulfonamides is 1. The van der Waals surface area contributed by atoms with Crippen molar-refractivity contribution in [3.63, 3.8) is 0 Å². The number of halogens is 2. The van der Waals surface area contributed by atoms with Gasteiger partial charge in [0.25, 0.3) is 5.91 Å². The summed E-state index contributed by atoms with van der Waals surface area (Å²) in [6.07, 6.45) is 1.60. The molecule has 1 amide bonds. The van der Waals surface area contributed by atoms with E-state index >= 15 is 0 Å². The summed E-state index contributed by atoms with van der Waals surface area (Å²) in [7, 11) is -3.48. The molecule has 1 heterocycles. The second-order valence-corrected chi connectivity index (χ2v) is 9.48. The lowest BCUT2D eigenvalue weighted by atomic mass is 10.2. The Kier molecular flexibility index (Phi) is 7.32. The maximum Gasteiger partial charge on any atom is 0.279 e. The predicted octanol–water partition coefficient (Wildman–Crippen LogP) is 2.13. The Hall–Kier alpha value is -1.90. The summed E-state index contributed by atoms with van der Waals surface area (Å²) in [5.41, 5.74) is 1.37. The van der Waals surface area contributed by atoms with Gasteiger partial charge in [0.1, 0.15) is 0 Å². The van der Waals surface area contributed by atoms with Crippen molar-refractivity contribution in [3.8, 4) is 0 Å². The number of benzene rings is 2. The molecule has 9 heteroatoms. The lowest BCUT2D eigenvalue weighted by Crippen LogP contribution is -3.15. The van der Waals surface area contributed by atoms with Gasteiger partial charge in [-0.3, -0.25) is 4.79 Å². The summed E-state index contributed by atoms with van der Waals surface area (Å²) >= 11 is 11.9. The number of hydrogen-bond acceptors (Lipinski definition) is 3. The molecule has 0 atom stereocenters. The van der Waals surface area contributed by atoms with Crippen LogP contribution in [0.1, 0.15) is 5.56 Å². The number of nitrogens with zero attached hydrogens (tertiary/aromatic N) is 1. The maximum atomic E-state index is 12.5.